The number of likely N-dealkylation sites (tertiary alicyclic amines) is 1. The number of aliphatic hydroxyl groups excluding tert-OH is 1. The van der Waals surface area contributed by atoms with Crippen molar-refractivity contribution >= 4 is 29.5 Å². The van der Waals surface area contributed by atoms with E-state index in [1.807, 2.05) is 0 Å². The van der Waals surface area contributed by atoms with Crippen molar-refractivity contribution in [3.8, 4) is 0 Å². The number of carbonyl (C=O) groups is 2. The minimum Gasteiger partial charge on any atom is -0.479 e. The Morgan fingerprint density at radius 2 is 2.21 bits per heavy atom. The van der Waals surface area contributed by atoms with Gasteiger partial charge in [0.2, 0.25) is 5.91 Å². The van der Waals surface area contributed by atoms with Crippen LogP contribution in [-0.2, 0) is 9.59 Å². The van der Waals surface area contributed by atoms with Gasteiger partial charge in [-0.1, -0.05) is 0 Å². The molecule has 8 heteroatoms. The molecule has 4 rings (SSSR count). The Hall–Kier alpha value is -1.54. The summed E-state index contributed by atoms with van der Waals surface area (Å²) in [5, 5.41) is 19.6. The third kappa shape index (κ3) is 2.35. The van der Waals surface area contributed by atoms with Gasteiger partial charge in [0.1, 0.15) is 6.04 Å². The van der Waals surface area contributed by atoms with Gasteiger partial charge in [-0.25, -0.2) is 4.79 Å². The van der Waals surface area contributed by atoms with Gasteiger partial charge < -0.3 is 20.0 Å². The number of nitrogens with zero attached hydrogens (tertiary/aromatic N) is 3. The average Bonchev–Trinajstić information content (AvgIpc) is 3.07. The molecular formula is C16H21N3O4S. The number of rotatable bonds is 4. The number of amidine groups is 1. The van der Waals surface area contributed by atoms with Crippen molar-refractivity contribution in [3.05, 3.63) is 11.0 Å². The second-order valence-corrected chi connectivity index (χ2v) is 8.23. The van der Waals surface area contributed by atoms with Gasteiger partial charge in [-0.15, -0.1) is 11.8 Å². The number of hydrogen-bond donors (Lipinski definition) is 2. The van der Waals surface area contributed by atoms with Crippen LogP contribution in [0.2, 0.25) is 0 Å². The molecule has 0 aromatic heterocycles. The van der Waals surface area contributed by atoms with E-state index in [-0.39, 0.29) is 11.9 Å². The molecule has 7 nitrogen and oxygen atoms in total. The van der Waals surface area contributed by atoms with Gasteiger partial charge in [-0.2, -0.15) is 0 Å². The van der Waals surface area contributed by atoms with Crippen LogP contribution in [0.3, 0.4) is 0 Å². The first-order chi connectivity index (χ1) is 11.5. The SMILES string of the molecule is CC(O)C1C(=O)N2C(C(=O)O)C=C(SC3CN(C4=NCCC4)C3)C12. The number of hydrogen-bond acceptors (Lipinski definition) is 6. The van der Waals surface area contributed by atoms with Crippen molar-refractivity contribution in [1.29, 1.82) is 0 Å². The fourth-order valence-corrected chi connectivity index (χ4v) is 5.46. The summed E-state index contributed by atoms with van der Waals surface area (Å²) < 4.78 is 0. The Labute approximate surface area is 144 Å². The highest BCUT2D eigenvalue weighted by Crippen LogP contribution is 2.47. The summed E-state index contributed by atoms with van der Waals surface area (Å²) in [7, 11) is 0. The second-order valence-electron chi connectivity index (χ2n) is 6.86. The van der Waals surface area contributed by atoms with Crippen molar-refractivity contribution in [1.82, 2.24) is 9.80 Å². The van der Waals surface area contributed by atoms with Crippen LogP contribution in [0.25, 0.3) is 0 Å². The first-order valence-corrected chi connectivity index (χ1v) is 9.25. The van der Waals surface area contributed by atoms with E-state index in [4.69, 9.17) is 0 Å². The Kier molecular flexibility index (Phi) is 3.84. The molecule has 0 aromatic rings. The lowest BCUT2D eigenvalue weighted by Gasteiger charge is -2.48. The van der Waals surface area contributed by atoms with Crippen LogP contribution in [-0.4, -0.2) is 80.8 Å². The maximum atomic E-state index is 12.2. The predicted molar refractivity (Wildman–Crippen MR) is 89.8 cm³/mol. The minimum absolute atomic E-state index is 0.259. The third-order valence-corrected chi connectivity index (χ3v) is 6.52. The van der Waals surface area contributed by atoms with Crippen molar-refractivity contribution in [3.63, 3.8) is 0 Å². The van der Waals surface area contributed by atoms with Gasteiger partial charge >= 0.3 is 5.97 Å². The monoisotopic (exact) mass is 351 g/mol. The van der Waals surface area contributed by atoms with Crippen LogP contribution < -0.4 is 0 Å². The molecule has 4 aliphatic heterocycles. The van der Waals surface area contributed by atoms with E-state index in [1.165, 1.54) is 10.7 Å². The van der Waals surface area contributed by atoms with Gasteiger partial charge in [0.05, 0.1) is 23.9 Å². The second kappa shape index (κ2) is 5.77. The van der Waals surface area contributed by atoms with E-state index in [0.29, 0.717) is 5.25 Å². The number of β-lactam (4-membered cyclic amide) rings is 1. The molecule has 1 amide bonds. The highest BCUT2D eigenvalue weighted by atomic mass is 32.2. The number of carboxylic acid groups (broad SMARTS) is 1. The Balaban J connectivity index is 1.43. The van der Waals surface area contributed by atoms with Gasteiger partial charge in [-0.05, 0) is 19.4 Å². The smallest absolute Gasteiger partial charge is 0.330 e. The zero-order chi connectivity index (χ0) is 17.0. The van der Waals surface area contributed by atoms with E-state index in [2.05, 4.69) is 9.89 Å². The molecule has 0 saturated carbocycles. The van der Waals surface area contributed by atoms with Gasteiger partial charge in [0.25, 0.3) is 0 Å². The van der Waals surface area contributed by atoms with Gasteiger partial charge in [0.15, 0.2) is 0 Å². The summed E-state index contributed by atoms with van der Waals surface area (Å²) in [5.41, 5.74) is 0. The quantitative estimate of drug-likeness (QED) is 0.701. The Bertz CT molecular complexity index is 641. The number of amides is 1. The van der Waals surface area contributed by atoms with Crippen LogP contribution >= 0.6 is 11.8 Å². The maximum Gasteiger partial charge on any atom is 0.330 e. The lowest BCUT2D eigenvalue weighted by atomic mass is 9.84. The number of fused-ring (bicyclic) bond motifs is 1. The zero-order valence-corrected chi connectivity index (χ0v) is 14.3. The lowest BCUT2D eigenvalue weighted by Crippen LogP contribution is -2.65. The third-order valence-electron chi connectivity index (χ3n) is 5.23. The van der Waals surface area contributed by atoms with Crippen LogP contribution in [0.4, 0.5) is 0 Å². The topological polar surface area (TPSA) is 93.4 Å². The zero-order valence-electron chi connectivity index (χ0n) is 13.5. The number of thioether (sulfide) groups is 1. The van der Waals surface area contributed by atoms with E-state index >= 15 is 0 Å². The molecule has 0 aliphatic carbocycles. The molecule has 4 atom stereocenters. The van der Waals surface area contributed by atoms with E-state index in [1.54, 1.807) is 24.8 Å². The summed E-state index contributed by atoms with van der Waals surface area (Å²) in [6.07, 6.45) is 3.11. The van der Waals surface area contributed by atoms with Crippen molar-refractivity contribution < 1.29 is 19.8 Å². The average molecular weight is 351 g/mol. The van der Waals surface area contributed by atoms with Crippen molar-refractivity contribution in [2.75, 3.05) is 19.6 Å². The molecule has 4 aliphatic rings. The Morgan fingerprint density at radius 1 is 1.46 bits per heavy atom. The lowest BCUT2D eigenvalue weighted by molar-refractivity contribution is -0.168. The van der Waals surface area contributed by atoms with Crippen LogP contribution in [0, 0.1) is 5.92 Å². The van der Waals surface area contributed by atoms with Crippen LogP contribution in [0.1, 0.15) is 19.8 Å². The molecule has 130 valence electrons. The number of aliphatic carboxylic acids is 1. The summed E-state index contributed by atoms with van der Waals surface area (Å²) >= 11 is 1.66. The highest BCUT2D eigenvalue weighted by molar-refractivity contribution is 8.03. The molecule has 2 N–H and O–H groups in total. The predicted octanol–water partition coefficient (Wildman–Crippen LogP) is 0.155. The largest absolute Gasteiger partial charge is 0.479 e. The normalized spacial score (nSPS) is 33.6. The molecule has 24 heavy (non-hydrogen) atoms. The van der Waals surface area contributed by atoms with E-state index < -0.39 is 24.0 Å². The van der Waals surface area contributed by atoms with Crippen molar-refractivity contribution in [2.45, 2.75) is 43.2 Å². The van der Waals surface area contributed by atoms with Gasteiger partial charge in [-0.3, -0.25) is 9.79 Å². The van der Waals surface area contributed by atoms with Gasteiger partial charge in [0, 0.05) is 36.2 Å². The molecule has 2 saturated heterocycles. The molecule has 0 radical (unpaired) electrons. The molecule has 4 unspecified atom stereocenters. The first-order valence-electron chi connectivity index (χ1n) is 8.37. The maximum absolute atomic E-state index is 12.2. The van der Waals surface area contributed by atoms with Crippen LogP contribution in [0.15, 0.2) is 16.0 Å². The van der Waals surface area contributed by atoms with E-state index in [9.17, 15) is 19.8 Å². The molecule has 0 spiro atoms. The molecule has 4 heterocycles. The van der Waals surface area contributed by atoms with Crippen LogP contribution in [0.5, 0.6) is 0 Å². The van der Waals surface area contributed by atoms with Crippen molar-refractivity contribution in [2.24, 2.45) is 10.9 Å². The fraction of sp³-hybridized carbons (Fsp3) is 0.688. The number of carbonyl (C=O) groups excluding carboxylic acids is 1. The minimum atomic E-state index is -1.01. The Morgan fingerprint density at radius 3 is 2.79 bits per heavy atom. The number of carboxylic acids is 1. The number of aliphatic hydroxyl groups is 1. The molecule has 0 aromatic carbocycles. The van der Waals surface area contributed by atoms with E-state index in [0.717, 1.165) is 37.4 Å². The fourth-order valence-electron chi connectivity index (χ4n) is 3.96. The molecule has 2 fully saturated rings. The first kappa shape index (κ1) is 16.0. The molecule has 0 bridgehead atoms. The molecular weight excluding hydrogens is 330 g/mol. The highest BCUT2D eigenvalue weighted by Gasteiger charge is 2.59. The number of aliphatic imine (C=N–C) groups is 1. The summed E-state index contributed by atoms with van der Waals surface area (Å²) in [4.78, 5) is 32.7. The summed E-state index contributed by atoms with van der Waals surface area (Å²) in [5.74, 6) is -0.588. The standard InChI is InChI=1S/C16H21N3O4S/c1-8(20)13-14-11(5-10(16(22)23)19(14)15(13)21)24-9-6-18(7-9)12-3-2-4-17-12/h5,8-10,13-14,20H,2-4,6-7H2,1H3,(H,22,23). The summed E-state index contributed by atoms with van der Waals surface area (Å²) in [6, 6.07) is -1.17. The summed E-state index contributed by atoms with van der Waals surface area (Å²) in [6.45, 7) is 4.35.